The smallest absolute Gasteiger partial charge is 0.150 e. The van der Waals surface area contributed by atoms with Crippen molar-refractivity contribution in [3.63, 3.8) is 0 Å². The van der Waals surface area contributed by atoms with Gasteiger partial charge in [0, 0.05) is 30.5 Å². The fraction of sp³-hybridized carbons (Fsp3) is 0.591. The molecule has 182 valence electrons. The molecule has 1 heterocycles. The van der Waals surface area contributed by atoms with Gasteiger partial charge in [0.1, 0.15) is 28.2 Å². The van der Waals surface area contributed by atoms with E-state index >= 15 is 0 Å². The first kappa shape index (κ1) is 24.3. The average molecular weight is 501 g/mol. The molecule has 8 nitrogen and oxygen atoms in total. The molecule has 11 heteroatoms. The number of anilines is 2. The monoisotopic (exact) mass is 500 g/mol. The lowest BCUT2D eigenvalue weighted by Crippen LogP contribution is -2.34. The summed E-state index contributed by atoms with van der Waals surface area (Å²) in [6, 6.07) is 4.36. The van der Waals surface area contributed by atoms with Crippen molar-refractivity contribution in [2.45, 2.75) is 43.8 Å². The molecule has 33 heavy (non-hydrogen) atoms. The van der Waals surface area contributed by atoms with Crippen molar-refractivity contribution in [3.8, 4) is 0 Å². The van der Waals surface area contributed by atoms with Gasteiger partial charge in [-0.3, -0.25) is 4.68 Å². The molecule has 0 saturated heterocycles. The summed E-state index contributed by atoms with van der Waals surface area (Å²) in [5.41, 5.74) is 7.52. The Morgan fingerprint density at radius 2 is 2.03 bits per heavy atom. The highest BCUT2D eigenvalue weighted by molar-refractivity contribution is 7.90. The first-order chi connectivity index (χ1) is 15.4. The summed E-state index contributed by atoms with van der Waals surface area (Å²) in [7, 11) is -1.45. The number of aliphatic hydroxyl groups is 1. The van der Waals surface area contributed by atoms with Crippen LogP contribution in [0, 0.1) is 17.7 Å². The third-order valence-electron chi connectivity index (χ3n) is 6.81. The zero-order chi connectivity index (χ0) is 24.0. The van der Waals surface area contributed by atoms with Crippen molar-refractivity contribution < 1.29 is 22.7 Å². The van der Waals surface area contributed by atoms with Gasteiger partial charge in [-0.25, -0.2) is 12.8 Å². The number of halogens is 2. The SMILES string of the molecule is Cn1nc(C2CC3CC(O)(CS(C)(=O)=O)CC3C2)c(COCNc2ccc(F)c(Cl)c2)c1N. The number of ether oxygens (including phenoxy) is 1. The van der Waals surface area contributed by atoms with Gasteiger partial charge in [-0.15, -0.1) is 0 Å². The molecule has 0 bridgehead atoms. The standard InChI is InChI=1S/C22H30ClFN4O4S/c1-28-21(25)17(10-32-12-26-16-3-4-19(24)18(23)7-16)20(27-28)13-5-14-8-22(29,9-15(14)6-13)11-33(2,30)31/h3-4,7,13-15,26,29H,5-6,8-12,25H2,1-2H3. The van der Waals surface area contributed by atoms with Crippen molar-refractivity contribution in [2.24, 2.45) is 18.9 Å². The van der Waals surface area contributed by atoms with Gasteiger partial charge in [-0.1, -0.05) is 11.6 Å². The van der Waals surface area contributed by atoms with Crippen molar-refractivity contribution in [1.82, 2.24) is 9.78 Å². The number of hydrogen-bond acceptors (Lipinski definition) is 7. The Morgan fingerprint density at radius 3 is 2.64 bits per heavy atom. The third kappa shape index (κ3) is 5.45. The topological polar surface area (TPSA) is 119 Å². The molecule has 0 amide bonds. The first-order valence-electron chi connectivity index (χ1n) is 10.9. The second kappa shape index (κ2) is 9.05. The predicted octanol–water partition coefficient (Wildman–Crippen LogP) is 3.06. The summed E-state index contributed by atoms with van der Waals surface area (Å²) in [6.45, 7) is 0.449. The summed E-state index contributed by atoms with van der Waals surface area (Å²) in [5, 5.41) is 18.5. The molecule has 4 N–H and O–H groups in total. The molecule has 1 aromatic heterocycles. The Labute approximate surface area is 198 Å². The molecule has 2 saturated carbocycles. The van der Waals surface area contributed by atoms with E-state index in [0.29, 0.717) is 24.3 Å². The van der Waals surface area contributed by atoms with Gasteiger partial charge in [-0.05, 0) is 55.7 Å². The molecule has 0 aliphatic heterocycles. The number of aromatic nitrogens is 2. The fourth-order valence-corrected chi connectivity index (χ4v) is 6.96. The van der Waals surface area contributed by atoms with E-state index in [4.69, 9.17) is 22.1 Å². The highest BCUT2D eigenvalue weighted by atomic mass is 35.5. The minimum Gasteiger partial charge on any atom is -0.389 e. The van der Waals surface area contributed by atoms with Crippen molar-refractivity contribution in [1.29, 1.82) is 0 Å². The van der Waals surface area contributed by atoms with Crippen LogP contribution in [0.3, 0.4) is 0 Å². The van der Waals surface area contributed by atoms with Crippen LogP contribution >= 0.6 is 11.6 Å². The van der Waals surface area contributed by atoms with Gasteiger partial charge in [0.2, 0.25) is 0 Å². The van der Waals surface area contributed by atoms with Crippen LogP contribution in [-0.2, 0) is 28.2 Å². The highest BCUT2D eigenvalue weighted by Gasteiger charge is 2.50. The molecule has 2 aromatic rings. The number of hydrogen-bond donors (Lipinski definition) is 3. The number of sulfone groups is 1. The molecular weight excluding hydrogens is 471 g/mol. The molecule has 1 aromatic carbocycles. The normalized spacial score (nSPS) is 27.1. The number of nitrogen functional groups attached to an aromatic ring is 1. The highest BCUT2D eigenvalue weighted by Crippen LogP contribution is 2.54. The number of nitrogens with two attached hydrogens (primary N) is 1. The maximum atomic E-state index is 13.3. The van der Waals surface area contributed by atoms with Crippen LogP contribution in [0.5, 0.6) is 0 Å². The third-order valence-corrected chi connectivity index (χ3v) is 8.16. The average Bonchev–Trinajstić information content (AvgIpc) is 3.30. The van der Waals surface area contributed by atoms with E-state index in [1.165, 1.54) is 18.4 Å². The van der Waals surface area contributed by atoms with Gasteiger partial charge in [0.25, 0.3) is 0 Å². The van der Waals surface area contributed by atoms with Crippen LogP contribution in [0.1, 0.15) is 42.9 Å². The number of fused-ring (bicyclic) bond motifs is 1. The summed E-state index contributed by atoms with van der Waals surface area (Å²) in [4.78, 5) is 0. The minimum absolute atomic E-state index is 0.0361. The van der Waals surface area contributed by atoms with Gasteiger partial charge in [0.15, 0.2) is 0 Å². The molecule has 0 radical (unpaired) electrons. The predicted molar refractivity (Wildman–Crippen MR) is 125 cm³/mol. The molecule has 2 fully saturated rings. The molecule has 4 rings (SSSR count). The lowest BCUT2D eigenvalue weighted by Gasteiger charge is -2.23. The molecule has 0 spiro atoms. The van der Waals surface area contributed by atoms with Crippen LogP contribution in [0.15, 0.2) is 18.2 Å². The Morgan fingerprint density at radius 1 is 1.36 bits per heavy atom. The van der Waals surface area contributed by atoms with Gasteiger partial charge >= 0.3 is 0 Å². The van der Waals surface area contributed by atoms with E-state index in [2.05, 4.69) is 10.4 Å². The Balaban J connectivity index is 1.37. The molecule has 2 aliphatic rings. The van der Waals surface area contributed by atoms with Crippen LogP contribution in [0.2, 0.25) is 5.02 Å². The number of nitrogens with one attached hydrogen (secondary N) is 1. The fourth-order valence-electron chi connectivity index (χ4n) is 5.57. The van der Waals surface area contributed by atoms with Crippen molar-refractivity contribution >= 4 is 32.9 Å². The summed E-state index contributed by atoms with van der Waals surface area (Å²) < 4.78 is 44.1. The van der Waals surface area contributed by atoms with Crippen LogP contribution in [0.25, 0.3) is 0 Å². The molecule has 2 atom stereocenters. The largest absolute Gasteiger partial charge is 0.389 e. The second-order valence-corrected chi connectivity index (χ2v) is 12.1. The zero-order valence-corrected chi connectivity index (χ0v) is 20.3. The maximum absolute atomic E-state index is 13.3. The second-order valence-electron chi connectivity index (χ2n) is 9.56. The first-order valence-corrected chi connectivity index (χ1v) is 13.4. The van der Waals surface area contributed by atoms with E-state index in [1.807, 2.05) is 0 Å². The molecular formula is C22H30ClFN4O4S. The number of aryl methyl sites for hydroxylation is 1. The maximum Gasteiger partial charge on any atom is 0.150 e. The van der Waals surface area contributed by atoms with E-state index in [9.17, 15) is 17.9 Å². The van der Waals surface area contributed by atoms with Crippen LogP contribution in [-0.4, -0.2) is 47.6 Å². The lowest BCUT2D eigenvalue weighted by atomic mass is 9.93. The summed E-state index contributed by atoms with van der Waals surface area (Å²) in [6.07, 6.45) is 3.85. The quantitative estimate of drug-likeness (QED) is 0.376. The van der Waals surface area contributed by atoms with Gasteiger partial charge in [-0.2, -0.15) is 5.10 Å². The molecule has 2 unspecified atom stereocenters. The number of nitrogens with zero attached hydrogens (tertiary/aromatic N) is 2. The van der Waals surface area contributed by atoms with Crippen molar-refractivity contribution in [3.05, 3.63) is 40.3 Å². The van der Waals surface area contributed by atoms with E-state index in [1.54, 1.807) is 17.8 Å². The van der Waals surface area contributed by atoms with Crippen LogP contribution < -0.4 is 11.1 Å². The van der Waals surface area contributed by atoms with Gasteiger partial charge in [0.05, 0.1) is 28.7 Å². The van der Waals surface area contributed by atoms with E-state index in [-0.39, 0.29) is 41.9 Å². The van der Waals surface area contributed by atoms with Gasteiger partial charge < -0.3 is 20.9 Å². The van der Waals surface area contributed by atoms with Crippen LogP contribution in [0.4, 0.5) is 15.9 Å². The number of benzene rings is 1. The summed E-state index contributed by atoms with van der Waals surface area (Å²) >= 11 is 5.80. The Bertz CT molecular complexity index is 1130. The molecule has 2 aliphatic carbocycles. The number of rotatable bonds is 8. The Hall–Kier alpha value is -1.88. The zero-order valence-electron chi connectivity index (χ0n) is 18.7. The minimum atomic E-state index is -3.24. The van der Waals surface area contributed by atoms with Crippen molar-refractivity contribution in [2.75, 3.05) is 29.8 Å². The van der Waals surface area contributed by atoms with E-state index < -0.39 is 21.3 Å². The Kier molecular flexibility index (Phi) is 6.65. The van der Waals surface area contributed by atoms with E-state index in [0.717, 1.165) is 24.1 Å². The summed E-state index contributed by atoms with van der Waals surface area (Å²) in [5.74, 6) is 0.605. The lowest BCUT2D eigenvalue weighted by molar-refractivity contribution is 0.0613.